The van der Waals surface area contributed by atoms with Crippen molar-refractivity contribution in [1.29, 1.82) is 0 Å². The molecule has 0 fully saturated rings. The van der Waals surface area contributed by atoms with Crippen LogP contribution in [-0.2, 0) is 17.6 Å². The Kier molecular flexibility index (Phi) is 5.90. The highest BCUT2D eigenvalue weighted by atomic mass is 35.5. The van der Waals surface area contributed by atoms with Crippen LogP contribution in [0, 0.1) is 0 Å². The third kappa shape index (κ3) is 4.53. The van der Waals surface area contributed by atoms with Gasteiger partial charge in [0, 0.05) is 18.0 Å². The second-order valence-electron chi connectivity index (χ2n) is 5.23. The Morgan fingerprint density at radius 3 is 2.36 bits per heavy atom. The number of hydrogen-bond acceptors (Lipinski definition) is 3. The standard InChI is InChI=1S/C17H19ClN2O2/c1-2-3-4-13-10-19-16(20-11-13)14-7-5-12(6-8-14)9-15(18)17(21)22/h5-8,10-11,15H,2-4,9H2,1H3,(H,21,22)/t15-/m1/s1. The minimum Gasteiger partial charge on any atom is -0.480 e. The monoisotopic (exact) mass is 318 g/mol. The van der Waals surface area contributed by atoms with E-state index in [0.29, 0.717) is 12.2 Å². The van der Waals surface area contributed by atoms with E-state index < -0.39 is 11.3 Å². The Morgan fingerprint density at radius 2 is 1.82 bits per heavy atom. The van der Waals surface area contributed by atoms with Gasteiger partial charge in [-0.25, -0.2) is 9.97 Å². The number of nitrogens with zero attached hydrogens (tertiary/aromatic N) is 2. The van der Waals surface area contributed by atoms with E-state index in [1.54, 1.807) is 0 Å². The van der Waals surface area contributed by atoms with E-state index in [2.05, 4.69) is 16.9 Å². The summed E-state index contributed by atoms with van der Waals surface area (Å²) in [5.41, 5.74) is 2.94. The molecule has 1 heterocycles. The van der Waals surface area contributed by atoms with Crippen molar-refractivity contribution >= 4 is 17.6 Å². The lowest BCUT2D eigenvalue weighted by molar-refractivity contribution is -0.136. The first-order chi connectivity index (χ1) is 10.6. The molecular weight excluding hydrogens is 300 g/mol. The average molecular weight is 319 g/mol. The van der Waals surface area contributed by atoms with E-state index >= 15 is 0 Å². The van der Waals surface area contributed by atoms with Gasteiger partial charge in [0.05, 0.1) is 0 Å². The highest BCUT2D eigenvalue weighted by Crippen LogP contribution is 2.17. The number of aromatic nitrogens is 2. The number of alkyl halides is 1. The van der Waals surface area contributed by atoms with Gasteiger partial charge in [0.15, 0.2) is 5.82 Å². The summed E-state index contributed by atoms with van der Waals surface area (Å²) in [6.07, 6.45) is 7.33. The fourth-order valence-electron chi connectivity index (χ4n) is 2.10. The molecule has 116 valence electrons. The van der Waals surface area contributed by atoms with Crippen LogP contribution in [0.25, 0.3) is 11.4 Å². The van der Waals surface area contributed by atoms with Crippen molar-refractivity contribution in [2.75, 3.05) is 0 Å². The summed E-state index contributed by atoms with van der Waals surface area (Å²) in [4.78, 5) is 19.5. The predicted octanol–water partition coefficient (Wildman–Crippen LogP) is 3.72. The highest BCUT2D eigenvalue weighted by molar-refractivity contribution is 6.29. The number of halogens is 1. The first-order valence-electron chi connectivity index (χ1n) is 7.37. The van der Waals surface area contributed by atoms with Crippen molar-refractivity contribution in [2.24, 2.45) is 0 Å². The number of benzene rings is 1. The summed E-state index contributed by atoms with van der Waals surface area (Å²) in [6, 6.07) is 7.51. The van der Waals surface area contributed by atoms with Crippen LogP contribution in [0.3, 0.4) is 0 Å². The molecule has 4 nitrogen and oxygen atoms in total. The minimum atomic E-state index is -1.00. The lowest BCUT2D eigenvalue weighted by Gasteiger charge is -2.06. The predicted molar refractivity (Wildman–Crippen MR) is 87.1 cm³/mol. The summed E-state index contributed by atoms with van der Waals surface area (Å²) in [7, 11) is 0. The van der Waals surface area contributed by atoms with Crippen molar-refractivity contribution < 1.29 is 9.90 Å². The summed E-state index contributed by atoms with van der Waals surface area (Å²) in [5.74, 6) is -0.329. The van der Waals surface area contributed by atoms with Gasteiger partial charge in [-0.05, 0) is 30.4 Å². The highest BCUT2D eigenvalue weighted by Gasteiger charge is 2.14. The fraction of sp³-hybridized carbons (Fsp3) is 0.353. The van der Waals surface area contributed by atoms with Gasteiger partial charge < -0.3 is 5.11 Å². The third-order valence-corrected chi connectivity index (χ3v) is 3.76. The van der Waals surface area contributed by atoms with E-state index in [-0.39, 0.29) is 0 Å². The molecule has 0 spiro atoms. The first kappa shape index (κ1) is 16.4. The maximum absolute atomic E-state index is 10.7. The van der Waals surface area contributed by atoms with Crippen LogP contribution < -0.4 is 0 Å². The second-order valence-corrected chi connectivity index (χ2v) is 5.75. The van der Waals surface area contributed by atoms with E-state index in [0.717, 1.165) is 36.0 Å². The van der Waals surface area contributed by atoms with E-state index in [1.165, 1.54) is 0 Å². The SMILES string of the molecule is CCCCc1cnc(-c2ccc(C[C@@H](Cl)C(=O)O)cc2)nc1. The maximum Gasteiger partial charge on any atom is 0.321 e. The topological polar surface area (TPSA) is 63.1 Å². The molecule has 0 bridgehead atoms. The number of unbranched alkanes of at least 4 members (excludes halogenated alkanes) is 1. The van der Waals surface area contributed by atoms with Crippen LogP contribution in [0.5, 0.6) is 0 Å². The molecule has 2 rings (SSSR count). The van der Waals surface area contributed by atoms with Gasteiger partial charge in [0.25, 0.3) is 0 Å². The van der Waals surface area contributed by atoms with Gasteiger partial charge in [0.1, 0.15) is 5.38 Å². The molecule has 0 saturated heterocycles. The molecule has 0 unspecified atom stereocenters. The Balaban J connectivity index is 2.05. The van der Waals surface area contributed by atoms with Gasteiger partial charge in [-0.3, -0.25) is 4.79 Å². The summed E-state index contributed by atoms with van der Waals surface area (Å²) in [6.45, 7) is 2.16. The zero-order chi connectivity index (χ0) is 15.9. The van der Waals surface area contributed by atoms with Crippen LogP contribution in [0.2, 0.25) is 0 Å². The summed E-state index contributed by atoms with van der Waals surface area (Å²) in [5, 5.41) is 7.91. The van der Waals surface area contributed by atoms with E-state index in [4.69, 9.17) is 16.7 Å². The average Bonchev–Trinajstić information content (AvgIpc) is 2.54. The first-order valence-corrected chi connectivity index (χ1v) is 7.81. The number of aryl methyl sites for hydroxylation is 1. The Bertz CT molecular complexity index is 612. The van der Waals surface area contributed by atoms with Crippen molar-refractivity contribution in [3.63, 3.8) is 0 Å². The molecule has 1 aromatic heterocycles. The minimum absolute atomic E-state index is 0.300. The van der Waals surface area contributed by atoms with Gasteiger partial charge in [-0.15, -0.1) is 11.6 Å². The van der Waals surface area contributed by atoms with Crippen molar-refractivity contribution in [3.05, 3.63) is 47.8 Å². The van der Waals surface area contributed by atoms with E-state index in [9.17, 15) is 4.79 Å². The van der Waals surface area contributed by atoms with E-state index in [1.807, 2.05) is 36.7 Å². The molecular formula is C17H19ClN2O2. The molecule has 0 amide bonds. The molecule has 2 aromatic rings. The van der Waals surface area contributed by atoms with Crippen molar-refractivity contribution in [1.82, 2.24) is 9.97 Å². The van der Waals surface area contributed by atoms with Crippen LogP contribution in [0.1, 0.15) is 30.9 Å². The van der Waals surface area contributed by atoms with Crippen LogP contribution in [-0.4, -0.2) is 26.4 Å². The van der Waals surface area contributed by atoms with Crippen LogP contribution in [0.15, 0.2) is 36.7 Å². The lowest BCUT2D eigenvalue weighted by atomic mass is 10.1. The summed E-state index contributed by atoms with van der Waals surface area (Å²) < 4.78 is 0. The largest absolute Gasteiger partial charge is 0.480 e. The van der Waals surface area contributed by atoms with Crippen LogP contribution in [0.4, 0.5) is 0 Å². The number of carboxylic acid groups (broad SMARTS) is 1. The molecule has 0 aliphatic heterocycles. The molecule has 5 heteroatoms. The molecule has 1 N–H and O–H groups in total. The molecule has 0 saturated carbocycles. The number of hydrogen-bond donors (Lipinski definition) is 1. The Labute approximate surface area is 135 Å². The third-order valence-electron chi connectivity index (χ3n) is 3.42. The zero-order valence-corrected chi connectivity index (χ0v) is 13.3. The fourth-order valence-corrected chi connectivity index (χ4v) is 2.28. The normalized spacial score (nSPS) is 12.1. The zero-order valence-electron chi connectivity index (χ0n) is 12.5. The lowest BCUT2D eigenvalue weighted by Crippen LogP contribution is -2.15. The Morgan fingerprint density at radius 1 is 1.18 bits per heavy atom. The van der Waals surface area contributed by atoms with Crippen molar-refractivity contribution in [2.45, 2.75) is 38.0 Å². The molecule has 0 radical (unpaired) electrons. The maximum atomic E-state index is 10.7. The second kappa shape index (κ2) is 7.90. The summed E-state index contributed by atoms with van der Waals surface area (Å²) >= 11 is 5.74. The molecule has 0 aliphatic rings. The van der Waals surface area contributed by atoms with Gasteiger partial charge in [0.2, 0.25) is 0 Å². The Hall–Kier alpha value is -1.94. The number of aliphatic carboxylic acids is 1. The van der Waals surface area contributed by atoms with Gasteiger partial charge >= 0.3 is 5.97 Å². The molecule has 1 atom stereocenters. The van der Waals surface area contributed by atoms with Gasteiger partial charge in [-0.2, -0.15) is 0 Å². The number of carboxylic acids is 1. The van der Waals surface area contributed by atoms with Crippen molar-refractivity contribution in [3.8, 4) is 11.4 Å². The number of rotatable bonds is 7. The quantitative estimate of drug-likeness (QED) is 0.790. The molecule has 22 heavy (non-hydrogen) atoms. The smallest absolute Gasteiger partial charge is 0.321 e. The molecule has 0 aliphatic carbocycles. The van der Waals surface area contributed by atoms with Gasteiger partial charge in [-0.1, -0.05) is 37.6 Å². The van der Waals surface area contributed by atoms with Crippen LogP contribution >= 0.6 is 11.6 Å². The molecule has 1 aromatic carbocycles. The number of carbonyl (C=O) groups is 1.